The average Bonchev–Trinajstić information content (AvgIpc) is 2.87. The summed E-state index contributed by atoms with van der Waals surface area (Å²) in [6.45, 7) is 3.70. The minimum atomic E-state index is 0.107. The summed E-state index contributed by atoms with van der Waals surface area (Å²) in [5.41, 5.74) is 0.672. The van der Waals surface area contributed by atoms with Crippen molar-refractivity contribution < 1.29 is 19.0 Å². The molecular weight excluding hydrogens is 234 g/mol. The fraction of sp³-hybridized carbons (Fsp3) is 0.462. The van der Waals surface area contributed by atoms with Crippen molar-refractivity contribution in [3.8, 4) is 11.5 Å². The number of hydrogen-bond acceptors (Lipinski definition) is 5. The van der Waals surface area contributed by atoms with Gasteiger partial charge in [0, 0.05) is 18.7 Å². The molecule has 3 rings (SSSR count). The van der Waals surface area contributed by atoms with Gasteiger partial charge in [0.05, 0.1) is 19.8 Å². The number of morpholine rings is 1. The molecule has 1 fully saturated rings. The summed E-state index contributed by atoms with van der Waals surface area (Å²) in [4.78, 5) is 14.2. The number of benzene rings is 1. The third kappa shape index (κ3) is 2.32. The highest BCUT2D eigenvalue weighted by Gasteiger charge is 2.19. The molecule has 1 aromatic rings. The number of hydrogen-bond donors (Lipinski definition) is 0. The summed E-state index contributed by atoms with van der Waals surface area (Å²) >= 11 is 0. The van der Waals surface area contributed by atoms with Crippen LogP contribution in [0.15, 0.2) is 18.2 Å². The zero-order valence-corrected chi connectivity index (χ0v) is 10.1. The van der Waals surface area contributed by atoms with E-state index >= 15 is 0 Å². The van der Waals surface area contributed by atoms with Gasteiger partial charge in [-0.3, -0.25) is 9.69 Å². The first-order valence-electron chi connectivity index (χ1n) is 6.06. The smallest absolute Gasteiger partial charge is 0.231 e. The van der Waals surface area contributed by atoms with Crippen molar-refractivity contribution >= 4 is 5.78 Å². The lowest BCUT2D eigenvalue weighted by Gasteiger charge is -2.25. The predicted molar refractivity (Wildman–Crippen MR) is 64.2 cm³/mol. The Morgan fingerprint density at radius 1 is 1.17 bits per heavy atom. The number of carbonyl (C=O) groups excluding carboxylic acids is 1. The number of fused-ring (bicyclic) bond motifs is 1. The Bertz CT molecular complexity index is 454. The highest BCUT2D eigenvalue weighted by molar-refractivity contribution is 5.98. The van der Waals surface area contributed by atoms with Gasteiger partial charge in [-0.1, -0.05) is 0 Å². The van der Waals surface area contributed by atoms with E-state index in [9.17, 15) is 4.79 Å². The van der Waals surface area contributed by atoms with Gasteiger partial charge >= 0.3 is 0 Å². The Hall–Kier alpha value is -1.59. The first kappa shape index (κ1) is 11.5. The molecule has 5 heteroatoms. The van der Waals surface area contributed by atoms with Crippen molar-refractivity contribution in [2.75, 3.05) is 39.6 Å². The third-order valence-electron chi connectivity index (χ3n) is 3.17. The van der Waals surface area contributed by atoms with Crippen LogP contribution in [-0.2, 0) is 4.74 Å². The van der Waals surface area contributed by atoms with Crippen molar-refractivity contribution in [3.05, 3.63) is 23.8 Å². The van der Waals surface area contributed by atoms with E-state index in [1.54, 1.807) is 18.2 Å². The van der Waals surface area contributed by atoms with Crippen LogP contribution in [0.4, 0.5) is 0 Å². The molecule has 0 atom stereocenters. The number of rotatable bonds is 3. The second-order valence-corrected chi connectivity index (χ2v) is 4.38. The SMILES string of the molecule is O=C(CN1CCOCC1)c1ccc2c(c1)OCO2. The van der Waals surface area contributed by atoms with Gasteiger partial charge in [0.2, 0.25) is 6.79 Å². The van der Waals surface area contributed by atoms with E-state index in [0.29, 0.717) is 36.8 Å². The zero-order valence-electron chi connectivity index (χ0n) is 10.1. The molecule has 0 aliphatic carbocycles. The second kappa shape index (κ2) is 4.96. The molecule has 2 aliphatic rings. The Labute approximate surface area is 105 Å². The minimum absolute atomic E-state index is 0.107. The van der Waals surface area contributed by atoms with Crippen LogP contribution in [0.1, 0.15) is 10.4 Å². The third-order valence-corrected chi connectivity index (χ3v) is 3.17. The van der Waals surface area contributed by atoms with Gasteiger partial charge in [0.1, 0.15) is 0 Å². The van der Waals surface area contributed by atoms with Crippen LogP contribution < -0.4 is 9.47 Å². The number of ketones is 1. The maximum Gasteiger partial charge on any atom is 0.231 e. The van der Waals surface area contributed by atoms with Gasteiger partial charge < -0.3 is 14.2 Å². The topological polar surface area (TPSA) is 48.0 Å². The molecule has 0 aromatic heterocycles. The van der Waals surface area contributed by atoms with Gasteiger partial charge in [-0.15, -0.1) is 0 Å². The Morgan fingerprint density at radius 2 is 1.94 bits per heavy atom. The van der Waals surface area contributed by atoms with Crippen molar-refractivity contribution in [1.29, 1.82) is 0 Å². The van der Waals surface area contributed by atoms with E-state index in [1.807, 2.05) is 0 Å². The summed E-state index contributed by atoms with van der Waals surface area (Å²) in [7, 11) is 0. The second-order valence-electron chi connectivity index (χ2n) is 4.38. The van der Waals surface area contributed by atoms with Crippen LogP contribution in [-0.4, -0.2) is 50.3 Å². The molecule has 0 amide bonds. The Balaban J connectivity index is 1.68. The van der Waals surface area contributed by atoms with E-state index in [1.165, 1.54) is 0 Å². The molecule has 0 bridgehead atoms. The number of nitrogens with zero attached hydrogens (tertiary/aromatic N) is 1. The summed E-state index contributed by atoms with van der Waals surface area (Å²) in [5, 5.41) is 0. The maximum absolute atomic E-state index is 12.1. The quantitative estimate of drug-likeness (QED) is 0.746. The molecule has 2 heterocycles. The lowest BCUT2D eigenvalue weighted by molar-refractivity contribution is 0.0371. The van der Waals surface area contributed by atoms with Gasteiger partial charge in [0.15, 0.2) is 17.3 Å². The molecule has 0 unspecified atom stereocenters. The molecule has 0 saturated carbocycles. The standard InChI is InChI=1S/C13H15NO4/c15-11(8-14-3-5-16-6-4-14)10-1-2-12-13(7-10)18-9-17-12/h1-2,7H,3-6,8-9H2. The molecule has 1 aromatic carbocycles. The van der Waals surface area contributed by atoms with Gasteiger partial charge in [-0.05, 0) is 18.2 Å². The molecule has 2 aliphatic heterocycles. The van der Waals surface area contributed by atoms with Crippen LogP contribution in [0.5, 0.6) is 11.5 Å². The van der Waals surface area contributed by atoms with E-state index < -0.39 is 0 Å². The molecule has 1 saturated heterocycles. The van der Waals surface area contributed by atoms with E-state index in [0.717, 1.165) is 13.1 Å². The molecule has 5 nitrogen and oxygen atoms in total. The largest absolute Gasteiger partial charge is 0.454 e. The number of Topliss-reactive ketones (excluding diaryl/α,β-unsaturated/α-hetero) is 1. The van der Waals surface area contributed by atoms with Crippen molar-refractivity contribution in [2.24, 2.45) is 0 Å². The normalized spacial score (nSPS) is 18.9. The molecule has 96 valence electrons. The fourth-order valence-electron chi connectivity index (χ4n) is 2.12. The Morgan fingerprint density at radius 3 is 2.78 bits per heavy atom. The van der Waals surface area contributed by atoms with Gasteiger partial charge in [0.25, 0.3) is 0 Å². The lowest BCUT2D eigenvalue weighted by atomic mass is 10.1. The molecule has 0 spiro atoms. The first-order chi connectivity index (χ1) is 8.83. The zero-order chi connectivity index (χ0) is 12.4. The summed E-state index contributed by atoms with van der Waals surface area (Å²) < 4.78 is 15.8. The van der Waals surface area contributed by atoms with Crippen LogP contribution >= 0.6 is 0 Å². The maximum atomic E-state index is 12.1. The predicted octanol–water partition coefficient (Wildman–Crippen LogP) is 0.930. The van der Waals surface area contributed by atoms with Crippen LogP contribution in [0, 0.1) is 0 Å². The van der Waals surface area contributed by atoms with Gasteiger partial charge in [-0.2, -0.15) is 0 Å². The van der Waals surface area contributed by atoms with Crippen molar-refractivity contribution in [3.63, 3.8) is 0 Å². The number of carbonyl (C=O) groups is 1. The Kier molecular flexibility index (Phi) is 3.17. The average molecular weight is 249 g/mol. The molecule has 0 radical (unpaired) electrons. The van der Waals surface area contributed by atoms with Crippen molar-refractivity contribution in [1.82, 2.24) is 4.90 Å². The van der Waals surface area contributed by atoms with E-state index in [2.05, 4.69) is 4.90 Å². The van der Waals surface area contributed by atoms with Crippen molar-refractivity contribution in [2.45, 2.75) is 0 Å². The van der Waals surface area contributed by atoms with Gasteiger partial charge in [-0.25, -0.2) is 0 Å². The summed E-state index contributed by atoms with van der Waals surface area (Å²) in [5.74, 6) is 1.47. The number of ether oxygens (including phenoxy) is 3. The molecule has 0 N–H and O–H groups in total. The van der Waals surface area contributed by atoms with Crippen LogP contribution in [0.2, 0.25) is 0 Å². The van der Waals surface area contributed by atoms with Crippen LogP contribution in [0.3, 0.4) is 0 Å². The molecular formula is C13H15NO4. The summed E-state index contributed by atoms with van der Waals surface area (Å²) in [6, 6.07) is 5.33. The fourth-order valence-corrected chi connectivity index (χ4v) is 2.12. The monoisotopic (exact) mass is 249 g/mol. The minimum Gasteiger partial charge on any atom is -0.454 e. The lowest BCUT2D eigenvalue weighted by Crippen LogP contribution is -2.39. The first-order valence-corrected chi connectivity index (χ1v) is 6.06. The highest BCUT2D eigenvalue weighted by Crippen LogP contribution is 2.32. The summed E-state index contributed by atoms with van der Waals surface area (Å²) in [6.07, 6.45) is 0. The van der Waals surface area contributed by atoms with E-state index in [4.69, 9.17) is 14.2 Å². The highest BCUT2D eigenvalue weighted by atomic mass is 16.7. The molecule has 18 heavy (non-hydrogen) atoms. The van der Waals surface area contributed by atoms with E-state index in [-0.39, 0.29) is 12.6 Å². The van der Waals surface area contributed by atoms with Crippen LogP contribution in [0.25, 0.3) is 0 Å².